The van der Waals surface area contributed by atoms with E-state index < -0.39 is 10.0 Å². The number of hydrogen-bond donors (Lipinski definition) is 1. The van der Waals surface area contributed by atoms with Gasteiger partial charge >= 0.3 is 0 Å². The number of benzene rings is 2. The summed E-state index contributed by atoms with van der Waals surface area (Å²) in [5.41, 5.74) is 2.33. The minimum atomic E-state index is -3.54. The summed E-state index contributed by atoms with van der Waals surface area (Å²) in [6, 6.07) is 17.9. The van der Waals surface area contributed by atoms with Gasteiger partial charge in [-0.1, -0.05) is 59.6 Å². The quantitative estimate of drug-likeness (QED) is 0.560. The van der Waals surface area contributed by atoms with Crippen molar-refractivity contribution in [1.29, 1.82) is 0 Å². The molecule has 146 valence electrons. The zero-order valence-electron chi connectivity index (χ0n) is 14.8. The number of sulfonamides is 1. The van der Waals surface area contributed by atoms with Crippen LogP contribution in [0.1, 0.15) is 16.7 Å². The maximum Gasteiger partial charge on any atom is 0.216 e. The van der Waals surface area contributed by atoms with Gasteiger partial charge in [0.2, 0.25) is 15.9 Å². The van der Waals surface area contributed by atoms with Gasteiger partial charge in [0.15, 0.2) is 0 Å². The molecule has 0 aliphatic rings. The number of rotatable bonds is 8. The summed E-state index contributed by atoms with van der Waals surface area (Å²) in [6.45, 7) is 0.522. The van der Waals surface area contributed by atoms with Crippen LogP contribution in [0.5, 0.6) is 5.88 Å². The average Bonchev–Trinajstić information content (AvgIpc) is 2.69. The van der Waals surface area contributed by atoms with Gasteiger partial charge in [-0.3, -0.25) is 0 Å². The van der Waals surface area contributed by atoms with E-state index in [9.17, 15) is 8.42 Å². The fraction of sp³-hybridized carbons (Fsp3) is 0.150. The minimum Gasteiger partial charge on any atom is -0.473 e. The molecule has 3 aromatic rings. The van der Waals surface area contributed by atoms with Gasteiger partial charge in [0.1, 0.15) is 6.61 Å². The van der Waals surface area contributed by atoms with Crippen molar-refractivity contribution in [3.63, 3.8) is 0 Å². The molecule has 0 amide bonds. The highest BCUT2D eigenvalue weighted by Gasteiger charge is 2.13. The molecule has 0 atom stereocenters. The standard InChI is InChI=1S/C20H18Cl2N2O3S/c21-18-7-6-17(10-19(18)22)14-28(25,26)24-12-16-8-9-23-20(11-16)27-13-15-4-2-1-3-5-15/h1-11,24H,12-14H2. The van der Waals surface area contributed by atoms with Crippen molar-refractivity contribution < 1.29 is 13.2 Å². The molecule has 0 aliphatic heterocycles. The second-order valence-corrected chi connectivity index (χ2v) is 8.73. The predicted molar refractivity (Wildman–Crippen MR) is 111 cm³/mol. The van der Waals surface area contributed by atoms with Crippen LogP contribution in [-0.2, 0) is 28.9 Å². The topological polar surface area (TPSA) is 68.3 Å². The summed E-state index contributed by atoms with van der Waals surface area (Å²) in [5.74, 6) is 0.247. The van der Waals surface area contributed by atoms with Crippen LogP contribution in [0.25, 0.3) is 0 Å². The molecular weight excluding hydrogens is 419 g/mol. The van der Waals surface area contributed by atoms with E-state index in [1.807, 2.05) is 30.3 Å². The Bertz CT molecular complexity index is 1040. The molecule has 5 nitrogen and oxygen atoms in total. The minimum absolute atomic E-state index is 0.133. The molecule has 0 aliphatic carbocycles. The molecule has 2 aromatic carbocycles. The highest BCUT2D eigenvalue weighted by atomic mass is 35.5. The lowest BCUT2D eigenvalue weighted by Crippen LogP contribution is -2.24. The van der Waals surface area contributed by atoms with Crippen molar-refractivity contribution >= 4 is 33.2 Å². The van der Waals surface area contributed by atoms with E-state index in [-0.39, 0.29) is 12.3 Å². The van der Waals surface area contributed by atoms with Crippen molar-refractivity contribution in [2.75, 3.05) is 0 Å². The molecule has 3 rings (SSSR count). The van der Waals surface area contributed by atoms with Crippen molar-refractivity contribution in [2.45, 2.75) is 18.9 Å². The summed E-state index contributed by atoms with van der Waals surface area (Å²) in [4.78, 5) is 4.16. The molecule has 1 heterocycles. The highest BCUT2D eigenvalue weighted by Crippen LogP contribution is 2.23. The molecular formula is C20H18Cl2N2O3S. The molecule has 0 radical (unpaired) electrons. The summed E-state index contributed by atoms with van der Waals surface area (Å²) in [7, 11) is -3.54. The van der Waals surface area contributed by atoms with E-state index in [4.69, 9.17) is 27.9 Å². The normalized spacial score (nSPS) is 11.4. The number of aromatic nitrogens is 1. The zero-order chi connectivity index (χ0) is 20.0. The SMILES string of the molecule is O=S(=O)(Cc1ccc(Cl)c(Cl)c1)NCc1ccnc(OCc2ccccc2)c1. The Morgan fingerprint density at radius 3 is 2.43 bits per heavy atom. The molecule has 0 spiro atoms. The van der Waals surface area contributed by atoms with Crippen LogP contribution < -0.4 is 9.46 Å². The van der Waals surface area contributed by atoms with Crippen LogP contribution in [0.15, 0.2) is 66.9 Å². The van der Waals surface area contributed by atoms with Gasteiger partial charge in [-0.25, -0.2) is 18.1 Å². The highest BCUT2D eigenvalue weighted by molar-refractivity contribution is 7.88. The van der Waals surface area contributed by atoms with Crippen LogP contribution in [0.3, 0.4) is 0 Å². The number of pyridine rings is 1. The lowest BCUT2D eigenvalue weighted by molar-refractivity contribution is 0.293. The first-order valence-electron chi connectivity index (χ1n) is 8.44. The zero-order valence-corrected chi connectivity index (χ0v) is 17.1. The van der Waals surface area contributed by atoms with Crippen LogP contribution in [0, 0.1) is 0 Å². The van der Waals surface area contributed by atoms with Crippen LogP contribution >= 0.6 is 23.2 Å². The van der Waals surface area contributed by atoms with Crippen LogP contribution in [0.2, 0.25) is 10.0 Å². The van der Waals surface area contributed by atoms with Gasteiger partial charge in [-0.15, -0.1) is 0 Å². The Morgan fingerprint density at radius 2 is 1.68 bits per heavy atom. The smallest absolute Gasteiger partial charge is 0.216 e. The van der Waals surface area contributed by atoms with Gasteiger partial charge in [-0.2, -0.15) is 0 Å². The Kier molecular flexibility index (Phi) is 6.91. The first-order valence-corrected chi connectivity index (χ1v) is 10.8. The second-order valence-electron chi connectivity index (χ2n) is 6.11. The molecule has 0 saturated carbocycles. The lowest BCUT2D eigenvalue weighted by Gasteiger charge is -2.09. The first-order chi connectivity index (χ1) is 13.4. The Hall–Kier alpha value is -2.12. The number of nitrogens with zero attached hydrogens (tertiary/aromatic N) is 1. The Labute approximate surface area is 174 Å². The molecule has 0 fully saturated rings. The lowest BCUT2D eigenvalue weighted by atomic mass is 10.2. The molecule has 1 aromatic heterocycles. The summed E-state index contributed by atoms with van der Waals surface area (Å²) in [6.07, 6.45) is 1.59. The maximum absolute atomic E-state index is 12.3. The number of halogens is 2. The van der Waals surface area contributed by atoms with E-state index in [2.05, 4.69) is 9.71 Å². The molecule has 28 heavy (non-hydrogen) atoms. The molecule has 0 bridgehead atoms. The number of hydrogen-bond acceptors (Lipinski definition) is 4. The third-order valence-electron chi connectivity index (χ3n) is 3.87. The fourth-order valence-electron chi connectivity index (χ4n) is 2.46. The molecule has 1 N–H and O–H groups in total. The van der Waals surface area contributed by atoms with E-state index >= 15 is 0 Å². The van der Waals surface area contributed by atoms with Crippen LogP contribution in [0.4, 0.5) is 0 Å². The Balaban J connectivity index is 1.58. The van der Waals surface area contributed by atoms with Crippen molar-refractivity contribution in [3.05, 3.63) is 93.6 Å². The molecule has 0 saturated heterocycles. The summed E-state index contributed by atoms with van der Waals surface area (Å²) < 4.78 is 32.9. The summed E-state index contributed by atoms with van der Waals surface area (Å²) >= 11 is 11.8. The van der Waals surface area contributed by atoms with Gasteiger partial charge in [-0.05, 0) is 34.9 Å². The van der Waals surface area contributed by atoms with E-state index in [1.54, 1.807) is 36.5 Å². The maximum atomic E-state index is 12.3. The van der Waals surface area contributed by atoms with Gasteiger partial charge in [0.25, 0.3) is 0 Å². The predicted octanol–water partition coefficient (Wildman–Crippen LogP) is 4.59. The third-order valence-corrected chi connectivity index (χ3v) is 5.90. The van der Waals surface area contributed by atoms with Crippen molar-refractivity contribution in [3.8, 4) is 5.88 Å². The van der Waals surface area contributed by atoms with Crippen molar-refractivity contribution in [1.82, 2.24) is 9.71 Å². The largest absolute Gasteiger partial charge is 0.473 e. The fourth-order valence-corrected chi connectivity index (χ4v) is 3.89. The van der Waals surface area contributed by atoms with Crippen molar-refractivity contribution in [2.24, 2.45) is 0 Å². The number of ether oxygens (including phenoxy) is 1. The van der Waals surface area contributed by atoms with Gasteiger partial charge < -0.3 is 4.74 Å². The monoisotopic (exact) mass is 436 g/mol. The van der Waals surface area contributed by atoms with Crippen LogP contribution in [-0.4, -0.2) is 13.4 Å². The Morgan fingerprint density at radius 1 is 0.893 bits per heavy atom. The van der Waals surface area contributed by atoms with E-state index in [0.29, 0.717) is 28.1 Å². The van der Waals surface area contributed by atoms with Gasteiger partial charge in [0.05, 0.1) is 15.8 Å². The summed E-state index contributed by atoms with van der Waals surface area (Å²) in [5, 5.41) is 0.708. The average molecular weight is 437 g/mol. The first kappa shape index (κ1) is 20.6. The second kappa shape index (κ2) is 9.39. The molecule has 8 heteroatoms. The third kappa shape index (κ3) is 6.21. The van der Waals surface area contributed by atoms with E-state index in [1.165, 1.54) is 0 Å². The number of nitrogens with one attached hydrogen (secondary N) is 1. The molecule has 0 unspecified atom stereocenters. The van der Waals surface area contributed by atoms with Gasteiger partial charge in [0, 0.05) is 18.8 Å². The van der Waals surface area contributed by atoms with E-state index in [0.717, 1.165) is 11.1 Å².